The molecule has 1 aromatic carbocycles. The molecule has 0 bridgehead atoms. The van der Waals surface area contributed by atoms with Crippen molar-refractivity contribution in [3.63, 3.8) is 0 Å². The fourth-order valence-corrected chi connectivity index (χ4v) is 1.72. The van der Waals surface area contributed by atoms with Crippen molar-refractivity contribution < 1.29 is 4.92 Å². The van der Waals surface area contributed by atoms with Crippen LogP contribution in [0.25, 0.3) is 0 Å². The van der Waals surface area contributed by atoms with Gasteiger partial charge in [0.25, 0.3) is 5.69 Å². The van der Waals surface area contributed by atoms with Crippen LogP contribution in [-0.4, -0.2) is 18.5 Å². The summed E-state index contributed by atoms with van der Waals surface area (Å²) in [4.78, 5) is 12.2. The van der Waals surface area contributed by atoms with Gasteiger partial charge in [-0.15, -0.1) is 0 Å². The average Bonchev–Trinajstić information content (AvgIpc) is 2.28. The predicted molar refractivity (Wildman–Crippen MR) is 70.3 cm³/mol. The lowest BCUT2D eigenvalue weighted by molar-refractivity contribution is -0.384. The van der Waals surface area contributed by atoms with Gasteiger partial charge in [0.1, 0.15) is 0 Å². The Morgan fingerprint density at radius 3 is 2.65 bits per heavy atom. The summed E-state index contributed by atoms with van der Waals surface area (Å²) in [5, 5.41) is 10.6. The van der Waals surface area contributed by atoms with Gasteiger partial charge in [0.05, 0.1) is 16.3 Å². The number of nitrogen functional groups attached to an aromatic ring is 1. The molecule has 0 aliphatic heterocycles. The summed E-state index contributed by atoms with van der Waals surface area (Å²) in [7, 11) is 1.95. The molecule has 0 saturated carbocycles. The fourth-order valence-electron chi connectivity index (χ4n) is 1.72. The SMILES string of the molecule is CCCCCN(C)c1ccc([N+](=O)[O-])cc1N. The molecular weight excluding hydrogens is 218 g/mol. The number of nitro benzene ring substituents is 1. The zero-order valence-corrected chi connectivity index (χ0v) is 10.3. The second-order valence-electron chi connectivity index (χ2n) is 4.13. The van der Waals surface area contributed by atoms with Gasteiger partial charge in [-0.1, -0.05) is 19.8 Å². The molecule has 1 aromatic rings. The molecule has 0 radical (unpaired) electrons. The minimum atomic E-state index is -0.433. The van der Waals surface area contributed by atoms with Gasteiger partial charge in [-0.2, -0.15) is 0 Å². The van der Waals surface area contributed by atoms with E-state index in [2.05, 4.69) is 6.92 Å². The van der Waals surface area contributed by atoms with E-state index in [0.29, 0.717) is 5.69 Å². The number of nitrogens with zero attached hydrogens (tertiary/aromatic N) is 2. The van der Waals surface area contributed by atoms with E-state index in [1.165, 1.54) is 25.0 Å². The van der Waals surface area contributed by atoms with Crippen LogP contribution in [0.5, 0.6) is 0 Å². The molecule has 0 spiro atoms. The summed E-state index contributed by atoms with van der Waals surface area (Å²) in [6.45, 7) is 3.07. The number of rotatable bonds is 6. The third kappa shape index (κ3) is 3.62. The fraction of sp³-hybridized carbons (Fsp3) is 0.500. The lowest BCUT2D eigenvalue weighted by atomic mass is 10.2. The molecule has 0 aliphatic carbocycles. The molecule has 0 aliphatic rings. The van der Waals surface area contributed by atoms with Crippen LogP contribution >= 0.6 is 0 Å². The van der Waals surface area contributed by atoms with E-state index in [4.69, 9.17) is 5.73 Å². The first kappa shape index (κ1) is 13.3. The maximum atomic E-state index is 10.6. The maximum Gasteiger partial charge on any atom is 0.271 e. The molecule has 5 nitrogen and oxygen atoms in total. The molecule has 0 fully saturated rings. The van der Waals surface area contributed by atoms with Crippen molar-refractivity contribution in [1.29, 1.82) is 0 Å². The molecule has 2 N–H and O–H groups in total. The summed E-state index contributed by atoms with van der Waals surface area (Å²) in [6, 6.07) is 4.60. The molecule has 0 saturated heterocycles. The normalized spacial score (nSPS) is 10.2. The number of nitrogens with two attached hydrogens (primary N) is 1. The second-order valence-corrected chi connectivity index (χ2v) is 4.13. The van der Waals surface area contributed by atoms with Crippen molar-refractivity contribution in [2.75, 3.05) is 24.2 Å². The van der Waals surface area contributed by atoms with Crippen molar-refractivity contribution in [3.05, 3.63) is 28.3 Å². The molecule has 0 aromatic heterocycles. The third-order valence-electron chi connectivity index (χ3n) is 2.73. The first-order valence-corrected chi connectivity index (χ1v) is 5.81. The largest absolute Gasteiger partial charge is 0.397 e. The van der Waals surface area contributed by atoms with Crippen LogP contribution in [0.15, 0.2) is 18.2 Å². The van der Waals surface area contributed by atoms with Crippen molar-refractivity contribution >= 4 is 17.1 Å². The van der Waals surface area contributed by atoms with Gasteiger partial charge in [-0.25, -0.2) is 0 Å². The van der Waals surface area contributed by atoms with Crippen LogP contribution in [0, 0.1) is 10.1 Å². The molecule has 0 amide bonds. The topological polar surface area (TPSA) is 72.4 Å². The van der Waals surface area contributed by atoms with E-state index < -0.39 is 4.92 Å². The third-order valence-corrected chi connectivity index (χ3v) is 2.73. The highest BCUT2D eigenvalue weighted by Crippen LogP contribution is 2.26. The maximum absolute atomic E-state index is 10.6. The van der Waals surface area contributed by atoms with Gasteiger partial charge in [0.15, 0.2) is 0 Å². The molecular formula is C12H19N3O2. The van der Waals surface area contributed by atoms with Crippen molar-refractivity contribution in [1.82, 2.24) is 0 Å². The van der Waals surface area contributed by atoms with E-state index in [1.807, 2.05) is 11.9 Å². The summed E-state index contributed by atoms with van der Waals surface area (Å²) < 4.78 is 0. The molecule has 1 rings (SSSR count). The Balaban J connectivity index is 2.74. The van der Waals surface area contributed by atoms with E-state index in [1.54, 1.807) is 6.07 Å². The predicted octanol–water partition coefficient (Wildman–Crippen LogP) is 2.80. The van der Waals surface area contributed by atoms with Crippen molar-refractivity contribution in [2.45, 2.75) is 26.2 Å². The highest BCUT2D eigenvalue weighted by molar-refractivity contribution is 5.70. The van der Waals surface area contributed by atoms with Gasteiger partial charge in [0.2, 0.25) is 0 Å². The Labute approximate surface area is 101 Å². The van der Waals surface area contributed by atoms with E-state index in [0.717, 1.165) is 18.7 Å². The summed E-state index contributed by atoms with van der Waals surface area (Å²) >= 11 is 0. The lowest BCUT2D eigenvalue weighted by Crippen LogP contribution is -2.19. The zero-order valence-electron chi connectivity index (χ0n) is 10.3. The first-order valence-electron chi connectivity index (χ1n) is 5.81. The van der Waals surface area contributed by atoms with Gasteiger partial charge in [0, 0.05) is 25.7 Å². The molecule has 94 valence electrons. The first-order chi connectivity index (χ1) is 8.06. The van der Waals surface area contributed by atoms with Crippen LogP contribution < -0.4 is 10.6 Å². The van der Waals surface area contributed by atoms with Crippen LogP contribution in [0.4, 0.5) is 17.1 Å². The number of nitro groups is 1. The number of hydrogen-bond donors (Lipinski definition) is 1. The summed E-state index contributed by atoms with van der Waals surface area (Å²) in [5.74, 6) is 0. The highest BCUT2D eigenvalue weighted by atomic mass is 16.6. The molecule has 5 heteroatoms. The number of hydrogen-bond acceptors (Lipinski definition) is 4. The van der Waals surface area contributed by atoms with Gasteiger partial charge in [-0.3, -0.25) is 10.1 Å². The van der Waals surface area contributed by atoms with Gasteiger partial charge >= 0.3 is 0 Å². The van der Waals surface area contributed by atoms with Crippen molar-refractivity contribution in [2.24, 2.45) is 0 Å². The monoisotopic (exact) mass is 237 g/mol. The average molecular weight is 237 g/mol. The van der Waals surface area contributed by atoms with Gasteiger partial charge < -0.3 is 10.6 Å². The van der Waals surface area contributed by atoms with Gasteiger partial charge in [-0.05, 0) is 12.5 Å². The van der Waals surface area contributed by atoms with Crippen LogP contribution in [0.3, 0.4) is 0 Å². The minimum Gasteiger partial charge on any atom is -0.397 e. The Morgan fingerprint density at radius 2 is 2.12 bits per heavy atom. The van der Waals surface area contributed by atoms with E-state index in [-0.39, 0.29) is 5.69 Å². The van der Waals surface area contributed by atoms with Crippen LogP contribution in [0.2, 0.25) is 0 Å². The Hall–Kier alpha value is -1.78. The van der Waals surface area contributed by atoms with Crippen molar-refractivity contribution in [3.8, 4) is 0 Å². The number of unbranched alkanes of at least 4 members (excludes halogenated alkanes) is 2. The Kier molecular flexibility index (Phi) is 4.75. The Bertz CT molecular complexity index is 393. The Morgan fingerprint density at radius 1 is 1.41 bits per heavy atom. The van der Waals surface area contributed by atoms with E-state index >= 15 is 0 Å². The molecule has 17 heavy (non-hydrogen) atoms. The van der Waals surface area contributed by atoms with E-state index in [9.17, 15) is 10.1 Å². The smallest absolute Gasteiger partial charge is 0.271 e. The molecule has 0 atom stereocenters. The van der Waals surface area contributed by atoms with Crippen LogP contribution in [-0.2, 0) is 0 Å². The summed E-state index contributed by atoms with van der Waals surface area (Å²) in [6.07, 6.45) is 3.45. The highest BCUT2D eigenvalue weighted by Gasteiger charge is 2.11. The lowest BCUT2D eigenvalue weighted by Gasteiger charge is -2.20. The number of benzene rings is 1. The molecule has 0 unspecified atom stereocenters. The zero-order chi connectivity index (χ0) is 12.8. The standard InChI is InChI=1S/C12H19N3O2/c1-3-4-5-8-14(2)12-7-6-10(15(16)17)9-11(12)13/h6-7,9H,3-5,8,13H2,1-2H3. The van der Waals surface area contributed by atoms with Crippen LogP contribution in [0.1, 0.15) is 26.2 Å². The quantitative estimate of drug-likeness (QED) is 0.357. The summed E-state index contributed by atoms with van der Waals surface area (Å²) in [5.41, 5.74) is 7.16. The number of non-ortho nitro benzene ring substituents is 1. The minimum absolute atomic E-state index is 0.0354. The molecule has 0 heterocycles. The second kappa shape index (κ2) is 6.08. The number of anilines is 2.